The van der Waals surface area contributed by atoms with Crippen molar-refractivity contribution in [2.24, 2.45) is 5.10 Å². The van der Waals surface area contributed by atoms with Crippen LogP contribution in [0.3, 0.4) is 0 Å². The second-order valence-corrected chi connectivity index (χ2v) is 4.65. The van der Waals surface area contributed by atoms with E-state index < -0.39 is 17.8 Å². The standard InChI is InChI=1S/C17H14FN3O2/c1-12(23-15-8-6-13(10-19)7-9-15)17(22)21-20-11-14-4-2-3-5-16(14)18/h2-9,11-12H,1H3,(H,21,22)/t12-/m1/s1. The van der Waals surface area contributed by atoms with Gasteiger partial charge in [0.1, 0.15) is 11.6 Å². The Labute approximate surface area is 133 Å². The van der Waals surface area contributed by atoms with Crippen LogP contribution in [0.15, 0.2) is 53.6 Å². The zero-order chi connectivity index (χ0) is 16.7. The van der Waals surface area contributed by atoms with Crippen molar-refractivity contribution in [3.8, 4) is 11.8 Å². The van der Waals surface area contributed by atoms with Crippen molar-refractivity contribution in [3.05, 3.63) is 65.5 Å². The number of halogens is 1. The number of carbonyl (C=O) groups is 1. The monoisotopic (exact) mass is 311 g/mol. The number of nitrogens with zero attached hydrogens (tertiary/aromatic N) is 2. The van der Waals surface area contributed by atoms with Gasteiger partial charge < -0.3 is 4.74 Å². The van der Waals surface area contributed by atoms with Gasteiger partial charge >= 0.3 is 0 Å². The smallest absolute Gasteiger partial charge is 0.280 e. The molecule has 1 N–H and O–H groups in total. The maximum atomic E-state index is 13.4. The minimum Gasteiger partial charge on any atom is -0.481 e. The molecular weight excluding hydrogens is 297 g/mol. The summed E-state index contributed by atoms with van der Waals surface area (Å²) in [7, 11) is 0. The number of nitrogens with one attached hydrogen (secondary N) is 1. The van der Waals surface area contributed by atoms with E-state index in [-0.39, 0.29) is 5.56 Å². The fraction of sp³-hybridized carbons (Fsp3) is 0.118. The lowest BCUT2D eigenvalue weighted by Crippen LogP contribution is -2.33. The molecule has 0 aliphatic heterocycles. The van der Waals surface area contributed by atoms with Gasteiger partial charge in [-0.15, -0.1) is 0 Å². The highest BCUT2D eigenvalue weighted by molar-refractivity contribution is 5.84. The molecule has 23 heavy (non-hydrogen) atoms. The van der Waals surface area contributed by atoms with Gasteiger partial charge in [0, 0.05) is 5.56 Å². The predicted octanol–water partition coefficient (Wildman–Crippen LogP) is 2.61. The minimum absolute atomic E-state index is 0.272. The quantitative estimate of drug-likeness (QED) is 0.681. The van der Waals surface area contributed by atoms with Gasteiger partial charge in [0.25, 0.3) is 5.91 Å². The number of benzene rings is 2. The Kier molecular flexibility index (Phi) is 5.42. The molecule has 2 aromatic rings. The predicted molar refractivity (Wildman–Crippen MR) is 83.4 cm³/mol. The first-order chi connectivity index (χ1) is 11.1. The van der Waals surface area contributed by atoms with E-state index in [1.165, 1.54) is 12.3 Å². The average Bonchev–Trinajstić information content (AvgIpc) is 2.57. The largest absolute Gasteiger partial charge is 0.481 e. The minimum atomic E-state index is -0.791. The zero-order valence-corrected chi connectivity index (χ0v) is 12.4. The van der Waals surface area contributed by atoms with E-state index in [0.29, 0.717) is 11.3 Å². The van der Waals surface area contributed by atoms with Crippen LogP contribution in [0.1, 0.15) is 18.1 Å². The van der Waals surface area contributed by atoms with Crippen LogP contribution >= 0.6 is 0 Å². The molecule has 2 aromatic carbocycles. The van der Waals surface area contributed by atoms with Crippen molar-refractivity contribution in [2.45, 2.75) is 13.0 Å². The van der Waals surface area contributed by atoms with Gasteiger partial charge in [-0.2, -0.15) is 10.4 Å². The summed E-state index contributed by atoms with van der Waals surface area (Å²) in [4.78, 5) is 11.8. The van der Waals surface area contributed by atoms with Gasteiger partial charge in [-0.1, -0.05) is 18.2 Å². The summed E-state index contributed by atoms with van der Waals surface area (Å²) < 4.78 is 18.8. The van der Waals surface area contributed by atoms with Gasteiger partial charge in [-0.3, -0.25) is 4.79 Å². The van der Waals surface area contributed by atoms with Crippen LogP contribution in [0.4, 0.5) is 4.39 Å². The number of amides is 1. The molecule has 0 bridgehead atoms. The summed E-state index contributed by atoms with van der Waals surface area (Å²) >= 11 is 0. The number of hydrazone groups is 1. The van der Waals surface area contributed by atoms with Crippen LogP contribution in [0, 0.1) is 17.1 Å². The first kappa shape index (κ1) is 16.2. The number of rotatable bonds is 5. The van der Waals surface area contributed by atoms with E-state index in [9.17, 15) is 9.18 Å². The number of carbonyl (C=O) groups excluding carboxylic acids is 1. The maximum absolute atomic E-state index is 13.4. The molecule has 0 fully saturated rings. The molecule has 2 rings (SSSR count). The molecule has 6 heteroatoms. The fourth-order valence-electron chi connectivity index (χ4n) is 1.70. The fourth-order valence-corrected chi connectivity index (χ4v) is 1.70. The highest BCUT2D eigenvalue weighted by Crippen LogP contribution is 2.13. The highest BCUT2D eigenvalue weighted by atomic mass is 19.1. The van der Waals surface area contributed by atoms with Crippen molar-refractivity contribution < 1.29 is 13.9 Å². The molecule has 1 amide bonds. The Balaban J connectivity index is 1.89. The number of ether oxygens (including phenoxy) is 1. The van der Waals surface area contributed by atoms with E-state index in [0.717, 1.165) is 0 Å². The molecule has 5 nitrogen and oxygen atoms in total. The van der Waals surface area contributed by atoms with Crippen molar-refractivity contribution in [1.29, 1.82) is 5.26 Å². The molecule has 0 aromatic heterocycles. The second kappa shape index (κ2) is 7.71. The molecule has 0 spiro atoms. The molecule has 0 aliphatic carbocycles. The third-order valence-electron chi connectivity index (χ3n) is 2.95. The van der Waals surface area contributed by atoms with Crippen molar-refractivity contribution in [2.75, 3.05) is 0 Å². The molecule has 116 valence electrons. The summed E-state index contributed by atoms with van der Waals surface area (Å²) in [6.45, 7) is 1.56. The summed E-state index contributed by atoms with van der Waals surface area (Å²) in [6, 6.07) is 14.5. The normalized spacial score (nSPS) is 11.7. The lowest BCUT2D eigenvalue weighted by Gasteiger charge is -2.12. The third-order valence-corrected chi connectivity index (χ3v) is 2.95. The molecule has 1 atom stereocenters. The second-order valence-electron chi connectivity index (χ2n) is 4.65. The van der Waals surface area contributed by atoms with Crippen LogP contribution in [-0.4, -0.2) is 18.2 Å². The Hall–Kier alpha value is -3.20. The van der Waals surface area contributed by atoms with Gasteiger partial charge in [-0.25, -0.2) is 9.82 Å². The Bertz CT molecular complexity index is 751. The Morgan fingerprint density at radius 1 is 1.30 bits per heavy atom. The van der Waals surface area contributed by atoms with E-state index >= 15 is 0 Å². The lowest BCUT2D eigenvalue weighted by atomic mass is 10.2. The maximum Gasteiger partial charge on any atom is 0.280 e. The molecule has 0 heterocycles. The third kappa shape index (κ3) is 4.64. The van der Waals surface area contributed by atoms with Gasteiger partial charge in [0.2, 0.25) is 0 Å². The molecule has 0 radical (unpaired) electrons. The highest BCUT2D eigenvalue weighted by Gasteiger charge is 2.13. The molecule has 0 unspecified atom stereocenters. The SMILES string of the molecule is C[C@@H](Oc1ccc(C#N)cc1)C(=O)NN=Cc1ccccc1F. The van der Waals surface area contributed by atoms with E-state index in [2.05, 4.69) is 10.5 Å². The van der Waals surface area contributed by atoms with Crippen LogP contribution in [-0.2, 0) is 4.79 Å². The van der Waals surface area contributed by atoms with E-state index in [4.69, 9.17) is 10.00 Å². The van der Waals surface area contributed by atoms with Crippen LogP contribution in [0.25, 0.3) is 0 Å². The van der Waals surface area contributed by atoms with Crippen molar-refractivity contribution >= 4 is 12.1 Å². The Morgan fingerprint density at radius 3 is 2.65 bits per heavy atom. The first-order valence-electron chi connectivity index (χ1n) is 6.84. The van der Waals surface area contributed by atoms with Crippen LogP contribution < -0.4 is 10.2 Å². The summed E-state index contributed by atoms with van der Waals surface area (Å²) in [6.07, 6.45) is 0.433. The van der Waals surface area contributed by atoms with Crippen molar-refractivity contribution in [1.82, 2.24) is 5.43 Å². The van der Waals surface area contributed by atoms with Gasteiger partial charge in [0.15, 0.2) is 6.10 Å². The lowest BCUT2D eigenvalue weighted by molar-refractivity contribution is -0.127. The van der Waals surface area contributed by atoms with Crippen LogP contribution in [0.5, 0.6) is 5.75 Å². The first-order valence-corrected chi connectivity index (χ1v) is 6.84. The number of hydrogen-bond donors (Lipinski definition) is 1. The average molecular weight is 311 g/mol. The topological polar surface area (TPSA) is 74.5 Å². The molecule has 0 saturated heterocycles. The Morgan fingerprint density at radius 2 is 2.00 bits per heavy atom. The van der Waals surface area contributed by atoms with Gasteiger partial charge in [0.05, 0.1) is 17.8 Å². The molecule has 0 aliphatic rings. The zero-order valence-electron chi connectivity index (χ0n) is 12.4. The summed E-state index contributed by atoms with van der Waals surface area (Å²) in [5.41, 5.74) is 3.06. The molecular formula is C17H14FN3O2. The van der Waals surface area contributed by atoms with E-state index in [1.54, 1.807) is 49.4 Å². The summed E-state index contributed by atoms with van der Waals surface area (Å²) in [5.74, 6) is -0.431. The summed E-state index contributed by atoms with van der Waals surface area (Å²) in [5, 5.41) is 12.4. The van der Waals surface area contributed by atoms with Crippen molar-refractivity contribution in [3.63, 3.8) is 0 Å². The number of nitriles is 1. The number of hydrogen-bond acceptors (Lipinski definition) is 4. The van der Waals surface area contributed by atoms with Gasteiger partial charge in [-0.05, 0) is 37.3 Å². The van der Waals surface area contributed by atoms with Crippen LogP contribution in [0.2, 0.25) is 0 Å². The van der Waals surface area contributed by atoms with E-state index in [1.807, 2.05) is 6.07 Å². The molecule has 0 saturated carbocycles.